The summed E-state index contributed by atoms with van der Waals surface area (Å²) in [6.45, 7) is 1.45. The Hall–Kier alpha value is -1.86. The molecule has 0 aliphatic carbocycles. The van der Waals surface area contributed by atoms with Crippen molar-refractivity contribution in [1.29, 1.82) is 0 Å². The van der Waals surface area contributed by atoms with Crippen molar-refractivity contribution in [1.82, 2.24) is 4.98 Å². The summed E-state index contributed by atoms with van der Waals surface area (Å²) in [7, 11) is 0. The van der Waals surface area contributed by atoms with Gasteiger partial charge in [0.2, 0.25) is 5.76 Å². The fourth-order valence-corrected chi connectivity index (χ4v) is 1.79. The van der Waals surface area contributed by atoms with Gasteiger partial charge in [-0.15, -0.1) is 0 Å². The summed E-state index contributed by atoms with van der Waals surface area (Å²) < 4.78 is 10.4. The van der Waals surface area contributed by atoms with E-state index in [0.29, 0.717) is 15.5 Å². The monoisotopic (exact) mass is 372 g/mol. The van der Waals surface area contributed by atoms with E-state index < -0.39 is 18.0 Å². The number of nitrogens with one attached hydrogen (secondary N) is 1. The van der Waals surface area contributed by atoms with Crippen molar-refractivity contribution in [2.45, 2.75) is 13.0 Å². The molecule has 2 aromatic rings. The molecule has 0 aliphatic heterocycles. The van der Waals surface area contributed by atoms with E-state index in [1.165, 1.54) is 19.2 Å². The molecule has 0 aromatic carbocycles. The highest BCUT2D eigenvalue weighted by Crippen LogP contribution is 2.16. The highest BCUT2D eigenvalue weighted by molar-refractivity contribution is 9.10. The molecule has 0 aliphatic rings. The van der Waals surface area contributed by atoms with E-state index in [0.717, 1.165) is 0 Å². The summed E-state index contributed by atoms with van der Waals surface area (Å²) in [5, 5.41) is 2.96. The van der Waals surface area contributed by atoms with Crippen LogP contribution in [0, 0.1) is 0 Å². The Morgan fingerprint density at radius 3 is 2.71 bits per heavy atom. The summed E-state index contributed by atoms with van der Waals surface area (Å²) >= 11 is 8.76. The molecule has 21 heavy (non-hydrogen) atoms. The van der Waals surface area contributed by atoms with Gasteiger partial charge in [-0.05, 0) is 47.1 Å². The minimum atomic E-state index is -1.00. The largest absolute Gasteiger partial charge is 0.447 e. The second kappa shape index (κ2) is 6.73. The molecule has 6 nitrogen and oxygen atoms in total. The van der Waals surface area contributed by atoms with E-state index >= 15 is 0 Å². The number of esters is 1. The lowest BCUT2D eigenvalue weighted by molar-refractivity contribution is -0.123. The average molecular weight is 374 g/mol. The molecule has 0 saturated carbocycles. The smallest absolute Gasteiger partial charge is 0.375 e. The molecule has 0 saturated heterocycles. The Morgan fingerprint density at radius 1 is 1.38 bits per heavy atom. The van der Waals surface area contributed by atoms with Crippen molar-refractivity contribution in [2.24, 2.45) is 0 Å². The topological polar surface area (TPSA) is 81.4 Å². The van der Waals surface area contributed by atoms with Crippen LogP contribution in [0.4, 0.5) is 5.82 Å². The predicted octanol–water partition coefficient (Wildman–Crippen LogP) is 3.27. The van der Waals surface area contributed by atoms with Crippen LogP contribution in [0.3, 0.4) is 0 Å². The zero-order chi connectivity index (χ0) is 15.4. The minimum Gasteiger partial charge on any atom is -0.447 e. The normalized spacial score (nSPS) is 11.8. The number of nitrogens with zero attached hydrogens (tertiary/aromatic N) is 1. The van der Waals surface area contributed by atoms with Crippen LogP contribution in [0.1, 0.15) is 17.5 Å². The molecule has 1 N–H and O–H groups in total. The van der Waals surface area contributed by atoms with Crippen molar-refractivity contribution in [3.63, 3.8) is 0 Å². The molecular weight excluding hydrogens is 364 g/mol. The zero-order valence-corrected chi connectivity index (χ0v) is 13.1. The van der Waals surface area contributed by atoms with Gasteiger partial charge in [-0.3, -0.25) is 4.79 Å². The molecule has 8 heteroatoms. The number of hydrogen-bond acceptors (Lipinski definition) is 5. The van der Waals surface area contributed by atoms with E-state index in [1.54, 1.807) is 18.2 Å². The van der Waals surface area contributed by atoms with Crippen molar-refractivity contribution in [2.75, 3.05) is 5.32 Å². The molecule has 2 heterocycles. The highest BCUT2D eigenvalue weighted by Gasteiger charge is 2.21. The first-order valence-electron chi connectivity index (χ1n) is 5.84. The first-order valence-corrected chi connectivity index (χ1v) is 7.01. The number of carbonyl (C=O) groups is 2. The van der Waals surface area contributed by atoms with Gasteiger partial charge in [-0.2, -0.15) is 0 Å². The van der Waals surface area contributed by atoms with Crippen LogP contribution in [0.25, 0.3) is 0 Å². The average Bonchev–Trinajstić information content (AvgIpc) is 2.88. The summed E-state index contributed by atoms with van der Waals surface area (Å²) in [6, 6.07) is 6.12. The molecule has 110 valence electrons. The van der Waals surface area contributed by atoms with E-state index in [-0.39, 0.29) is 5.76 Å². The quantitative estimate of drug-likeness (QED) is 0.832. The van der Waals surface area contributed by atoms with E-state index in [1.807, 2.05) is 0 Å². The third kappa shape index (κ3) is 4.30. The van der Waals surface area contributed by atoms with Crippen LogP contribution in [0.15, 0.2) is 39.5 Å². The van der Waals surface area contributed by atoms with E-state index in [4.69, 9.17) is 20.8 Å². The molecule has 2 aromatic heterocycles. The first kappa shape index (κ1) is 15.5. The molecule has 0 unspecified atom stereocenters. The molecule has 0 bridgehead atoms. The number of ether oxygens (including phenoxy) is 1. The van der Waals surface area contributed by atoms with E-state index in [2.05, 4.69) is 26.2 Å². The number of rotatable bonds is 4. The summed E-state index contributed by atoms with van der Waals surface area (Å²) in [5.41, 5.74) is 0. The maximum absolute atomic E-state index is 11.9. The van der Waals surface area contributed by atoms with Crippen LogP contribution < -0.4 is 5.32 Å². The van der Waals surface area contributed by atoms with Crippen molar-refractivity contribution >= 4 is 45.2 Å². The SMILES string of the molecule is C[C@H](OC(=O)c1ccc(Br)o1)C(=O)Nc1ccc(Cl)cn1. The van der Waals surface area contributed by atoms with Gasteiger partial charge in [-0.25, -0.2) is 9.78 Å². The van der Waals surface area contributed by atoms with Gasteiger partial charge < -0.3 is 14.5 Å². The van der Waals surface area contributed by atoms with Gasteiger partial charge in [0, 0.05) is 6.20 Å². The van der Waals surface area contributed by atoms with Gasteiger partial charge in [0.1, 0.15) is 5.82 Å². The third-order valence-electron chi connectivity index (χ3n) is 2.41. The van der Waals surface area contributed by atoms with Crippen LogP contribution in [-0.4, -0.2) is 23.0 Å². The molecule has 0 fully saturated rings. The summed E-state index contributed by atoms with van der Waals surface area (Å²) in [4.78, 5) is 27.5. The van der Waals surface area contributed by atoms with Crippen LogP contribution in [0.2, 0.25) is 5.02 Å². The van der Waals surface area contributed by atoms with Crippen LogP contribution in [0.5, 0.6) is 0 Å². The number of amides is 1. The summed E-state index contributed by atoms with van der Waals surface area (Å²) in [5.74, 6) is -0.921. The van der Waals surface area contributed by atoms with E-state index in [9.17, 15) is 9.59 Å². The van der Waals surface area contributed by atoms with Gasteiger partial charge >= 0.3 is 5.97 Å². The molecule has 2 rings (SSSR count). The van der Waals surface area contributed by atoms with Crippen molar-refractivity contribution in [3.05, 3.63) is 45.9 Å². The third-order valence-corrected chi connectivity index (χ3v) is 3.06. The standard InChI is InChI=1S/C13H10BrClN2O4/c1-7(20-13(19)9-3-4-10(14)21-9)12(18)17-11-5-2-8(15)6-16-11/h2-7H,1H3,(H,16,17,18)/t7-/m0/s1. The second-order valence-corrected chi connectivity index (χ2v) is 5.22. The summed E-state index contributed by atoms with van der Waals surface area (Å²) in [6.07, 6.45) is 0.396. The van der Waals surface area contributed by atoms with Gasteiger partial charge in [-0.1, -0.05) is 11.6 Å². The second-order valence-electron chi connectivity index (χ2n) is 4.00. The van der Waals surface area contributed by atoms with Crippen molar-refractivity contribution < 1.29 is 18.7 Å². The molecule has 0 radical (unpaired) electrons. The number of halogens is 2. The highest BCUT2D eigenvalue weighted by atomic mass is 79.9. The number of furan rings is 1. The molecule has 1 atom stereocenters. The van der Waals surface area contributed by atoms with Gasteiger partial charge in [0.15, 0.2) is 10.8 Å². The Balaban J connectivity index is 1.93. The first-order chi connectivity index (χ1) is 9.95. The number of carbonyl (C=O) groups excluding carboxylic acids is 2. The molecule has 1 amide bonds. The fraction of sp³-hybridized carbons (Fsp3) is 0.154. The number of pyridine rings is 1. The number of aromatic nitrogens is 1. The van der Waals surface area contributed by atoms with Crippen molar-refractivity contribution in [3.8, 4) is 0 Å². The number of hydrogen-bond donors (Lipinski definition) is 1. The zero-order valence-electron chi connectivity index (χ0n) is 10.8. The Kier molecular flexibility index (Phi) is 4.98. The Labute approximate surface area is 133 Å². The molecular formula is C13H10BrClN2O4. The lowest BCUT2D eigenvalue weighted by Crippen LogP contribution is -2.30. The van der Waals surface area contributed by atoms with Crippen LogP contribution in [-0.2, 0) is 9.53 Å². The van der Waals surface area contributed by atoms with Gasteiger partial charge in [0.25, 0.3) is 5.91 Å². The maximum Gasteiger partial charge on any atom is 0.375 e. The minimum absolute atomic E-state index is 0.00569. The maximum atomic E-state index is 11.9. The molecule has 0 spiro atoms. The Morgan fingerprint density at radius 2 is 2.14 bits per heavy atom. The number of anilines is 1. The van der Waals surface area contributed by atoms with Gasteiger partial charge in [0.05, 0.1) is 5.02 Å². The fourth-order valence-electron chi connectivity index (χ4n) is 1.37. The lowest BCUT2D eigenvalue weighted by Gasteiger charge is -2.12. The predicted molar refractivity (Wildman–Crippen MR) is 79.2 cm³/mol. The Bertz CT molecular complexity index is 656. The van der Waals surface area contributed by atoms with Crippen LogP contribution >= 0.6 is 27.5 Å². The lowest BCUT2D eigenvalue weighted by atomic mass is 10.3.